The second-order valence-corrected chi connectivity index (χ2v) is 6.78. The number of carbonyl (C=O) groups excluding carboxylic acids is 1. The lowest BCUT2D eigenvalue weighted by atomic mass is 9.65. The molecule has 0 bridgehead atoms. The van der Waals surface area contributed by atoms with Gasteiger partial charge in [0.1, 0.15) is 0 Å². The second kappa shape index (κ2) is 7.21. The molecule has 2 fully saturated rings. The molecule has 0 N–H and O–H groups in total. The van der Waals surface area contributed by atoms with Gasteiger partial charge in [0.15, 0.2) is 0 Å². The van der Waals surface area contributed by atoms with Crippen LogP contribution in [0.25, 0.3) is 0 Å². The number of ether oxygens (including phenoxy) is 1. The first-order valence-electron chi connectivity index (χ1n) is 7.99. The minimum absolute atomic E-state index is 0.0171. The van der Waals surface area contributed by atoms with E-state index in [4.69, 9.17) is 4.74 Å². The highest BCUT2D eigenvalue weighted by atomic mass is 19.4. The van der Waals surface area contributed by atoms with Crippen molar-refractivity contribution in [3.8, 4) is 0 Å². The fraction of sp³-hybridized carbons (Fsp3) is 0.812. The molecule has 1 spiro atoms. The molecule has 132 valence electrons. The average Bonchev–Trinajstić information content (AvgIpc) is 2.46. The maximum atomic E-state index is 13.4. The maximum Gasteiger partial charge on any atom is 0.392 e. The molecule has 1 atom stereocenters. The monoisotopic (exact) mass is 334 g/mol. The number of rotatable bonds is 3. The van der Waals surface area contributed by atoms with Crippen molar-refractivity contribution in [2.24, 2.45) is 11.3 Å². The van der Waals surface area contributed by atoms with Gasteiger partial charge in [0.2, 0.25) is 5.91 Å². The van der Waals surface area contributed by atoms with Gasteiger partial charge in [0.25, 0.3) is 0 Å². The predicted octanol–water partition coefficient (Wildman–Crippen LogP) is 2.31. The zero-order valence-corrected chi connectivity index (χ0v) is 13.7. The van der Waals surface area contributed by atoms with Gasteiger partial charge < -0.3 is 14.5 Å². The minimum Gasteiger partial charge on any atom is -0.381 e. The summed E-state index contributed by atoms with van der Waals surface area (Å²) >= 11 is 0. The fourth-order valence-corrected chi connectivity index (χ4v) is 3.61. The van der Waals surface area contributed by atoms with Crippen LogP contribution in [0.4, 0.5) is 13.2 Å². The molecule has 2 saturated heterocycles. The first-order valence-corrected chi connectivity index (χ1v) is 7.99. The predicted molar refractivity (Wildman–Crippen MR) is 80.9 cm³/mol. The standard InChI is InChI=1S/C16H25F3N2O2/c1-20(2)8-3-4-14(22)21-9-5-13(16(17,18)19)15(12-21)6-10-23-11-7-15/h3-4,13H,5-12H2,1-2H3/b4-3+. The van der Waals surface area contributed by atoms with Crippen molar-refractivity contribution in [2.45, 2.75) is 25.4 Å². The molecule has 7 heteroatoms. The number of alkyl halides is 3. The number of likely N-dealkylation sites (tertiary alicyclic amines) is 1. The van der Waals surface area contributed by atoms with Crippen LogP contribution >= 0.6 is 0 Å². The van der Waals surface area contributed by atoms with Gasteiger partial charge >= 0.3 is 6.18 Å². The van der Waals surface area contributed by atoms with Gasteiger partial charge in [-0.15, -0.1) is 0 Å². The SMILES string of the molecule is CN(C)C/C=C/C(=O)N1CCC(C(F)(F)F)C2(CCOCC2)C1. The van der Waals surface area contributed by atoms with Crippen LogP contribution in [0.15, 0.2) is 12.2 Å². The number of carbonyl (C=O) groups is 1. The molecule has 0 aliphatic carbocycles. The number of nitrogens with zero attached hydrogens (tertiary/aromatic N) is 2. The van der Waals surface area contributed by atoms with Crippen LogP contribution < -0.4 is 0 Å². The number of hydrogen-bond acceptors (Lipinski definition) is 3. The Morgan fingerprint density at radius 3 is 2.57 bits per heavy atom. The summed E-state index contributed by atoms with van der Waals surface area (Å²) in [6.07, 6.45) is -0.287. The lowest BCUT2D eigenvalue weighted by Crippen LogP contribution is -2.56. The third-order valence-corrected chi connectivity index (χ3v) is 4.86. The molecule has 2 rings (SSSR count). The minimum atomic E-state index is -4.22. The number of hydrogen-bond donors (Lipinski definition) is 0. The first-order chi connectivity index (χ1) is 10.7. The Bertz CT molecular complexity index is 443. The Balaban J connectivity index is 2.09. The Kier molecular flexibility index (Phi) is 5.73. The largest absolute Gasteiger partial charge is 0.392 e. The molecule has 0 aromatic rings. The quantitative estimate of drug-likeness (QED) is 0.743. The summed E-state index contributed by atoms with van der Waals surface area (Å²) in [4.78, 5) is 15.8. The molecule has 0 radical (unpaired) electrons. The van der Waals surface area contributed by atoms with E-state index in [9.17, 15) is 18.0 Å². The molecule has 2 heterocycles. The molecule has 1 amide bonds. The molecule has 0 aromatic carbocycles. The smallest absolute Gasteiger partial charge is 0.381 e. The lowest BCUT2D eigenvalue weighted by molar-refractivity contribution is -0.234. The van der Waals surface area contributed by atoms with Gasteiger partial charge in [-0.2, -0.15) is 13.2 Å². The van der Waals surface area contributed by atoms with Gasteiger partial charge in [-0.1, -0.05) is 6.08 Å². The zero-order valence-electron chi connectivity index (χ0n) is 13.7. The summed E-state index contributed by atoms with van der Waals surface area (Å²) in [7, 11) is 3.78. The second-order valence-electron chi connectivity index (χ2n) is 6.78. The van der Waals surface area contributed by atoms with E-state index in [1.807, 2.05) is 19.0 Å². The van der Waals surface area contributed by atoms with Gasteiger partial charge in [-0.3, -0.25) is 4.79 Å². The Morgan fingerprint density at radius 2 is 2.00 bits per heavy atom. The first kappa shape index (κ1) is 18.3. The van der Waals surface area contributed by atoms with Crippen LogP contribution in [0.2, 0.25) is 0 Å². The summed E-state index contributed by atoms with van der Waals surface area (Å²) in [5, 5.41) is 0. The summed E-state index contributed by atoms with van der Waals surface area (Å²) < 4.78 is 45.5. The van der Waals surface area contributed by atoms with E-state index in [-0.39, 0.29) is 25.4 Å². The Labute approximate surface area is 135 Å². The van der Waals surface area contributed by atoms with Gasteiger partial charge in [0, 0.05) is 44.3 Å². The molecular weight excluding hydrogens is 309 g/mol. The molecule has 23 heavy (non-hydrogen) atoms. The van der Waals surface area contributed by atoms with Gasteiger partial charge in [-0.05, 0) is 33.4 Å². The molecule has 2 aliphatic rings. The highest BCUT2D eigenvalue weighted by Gasteiger charge is 2.56. The van der Waals surface area contributed by atoms with E-state index in [0.29, 0.717) is 32.6 Å². The highest BCUT2D eigenvalue weighted by Crippen LogP contribution is 2.50. The van der Waals surface area contributed by atoms with Crippen LogP contribution in [0.5, 0.6) is 0 Å². The van der Waals surface area contributed by atoms with E-state index < -0.39 is 17.5 Å². The topological polar surface area (TPSA) is 32.8 Å². The van der Waals surface area contributed by atoms with E-state index >= 15 is 0 Å². The normalized spacial score (nSPS) is 25.5. The number of halogens is 3. The third kappa shape index (κ3) is 4.47. The number of piperidine rings is 1. The van der Waals surface area contributed by atoms with E-state index in [2.05, 4.69) is 0 Å². The Morgan fingerprint density at radius 1 is 1.35 bits per heavy atom. The number of amides is 1. The summed E-state index contributed by atoms with van der Waals surface area (Å²) in [6.45, 7) is 1.64. The molecular formula is C16H25F3N2O2. The van der Waals surface area contributed by atoms with Crippen molar-refractivity contribution in [3.05, 3.63) is 12.2 Å². The molecule has 1 unspecified atom stereocenters. The summed E-state index contributed by atoms with van der Waals surface area (Å²) in [5.74, 6) is -1.54. The maximum absolute atomic E-state index is 13.4. The van der Waals surface area contributed by atoms with E-state index in [1.165, 1.54) is 6.08 Å². The van der Waals surface area contributed by atoms with Crippen LogP contribution in [0.1, 0.15) is 19.3 Å². The van der Waals surface area contributed by atoms with Crippen molar-refractivity contribution < 1.29 is 22.7 Å². The highest BCUT2D eigenvalue weighted by molar-refractivity contribution is 5.87. The molecule has 2 aliphatic heterocycles. The van der Waals surface area contributed by atoms with E-state index in [1.54, 1.807) is 11.0 Å². The molecule has 0 aromatic heterocycles. The van der Waals surface area contributed by atoms with E-state index in [0.717, 1.165) is 0 Å². The molecule has 4 nitrogen and oxygen atoms in total. The van der Waals surface area contributed by atoms with Crippen molar-refractivity contribution in [1.82, 2.24) is 9.80 Å². The van der Waals surface area contributed by atoms with Crippen molar-refractivity contribution in [2.75, 3.05) is 46.9 Å². The van der Waals surface area contributed by atoms with Gasteiger partial charge in [0.05, 0.1) is 5.92 Å². The zero-order chi connectivity index (χ0) is 17.1. The average molecular weight is 334 g/mol. The summed E-state index contributed by atoms with van der Waals surface area (Å²) in [6, 6.07) is 0. The van der Waals surface area contributed by atoms with Crippen molar-refractivity contribution in [1.29, 1.82) is 0 Å². The lowest BCUT2D eigenvalue weighted by Gasteiger charge is -2.50. The van der Waals surface area contributed by atoms with Crippen LogP contribution in [0, 0.1) is 11.3 Å². The molecule has 0 saturated carbocycles. The van der Waals surface area contributed by atoms with Crippen molar-refractivity contribution in [3.63, 3.8) is 0 Å². The summed E-state index contributed by atoms with van der Waals surface area (Å²) in [5.41, 5.74) is -0.889. The fourth-order valence-electron chi connectivity index (χ4n) is 3.61. The Hall–Kier alpha value is -1.08. The number of likely N-dealkylation sites (N-methyl/N-ethyl adjacent to an activating group) is 1. The van der Waals surface area contributed by atoms with Crippen molar-refractivity contribution >= 4 is 5.91 Å². The van der Waals surface area contributed by atoms with Crippen LogP contribution in [0.3, 0.4) is 0 Å². The third-order valence-electron chi connectivity index (χ3n) is 4.86. The van der Waals surface area contributed by atoms with Crippen LogP contribution in [-0.4, -0.2) is 68.8 Å². The van der Waals surface area contributed by atoms with Gasteiger partial charge in [-0.25, -0.2) is 0 Å². The van der Waals surface area contributed by atoms with Crippen LogP contribution in [-0.2, 0) is 9.53 Å².